The second-order valence-electron chi connectivity index (χ2n) is 5.77. The maximum atomic E-state index is 11.1. The number of anilines is 1. The van der Waals surface area contributed by atoms with Crippen LogP contribution in [0.5, 0.6) is 5.75 Å². The van der Waals surface area contributed by atoms with Crippen molar-refractivity contribution < 1.29 is 9.66 Å². The van der Waals surface area contributed by atoms with Gasteiger partial charge >= 0.3 is 5.69 Å². The smallest absolute Gasteiger partial charge is 0.330 e. The van der Waals surface area contributed by atoms with Crippen LogP contribution in [0.1, 0.15) is 0 Å². The third-order valence-electron chi connectivity index (χ3n) is 4.02. The number of ether oxygens (including phenoxy) is 1. The van der Waals surface area contributed by atoms with Gasteiger partial charge in [-0.2, -0.15) is 0 Å². The van der Waals surface area contributed by atoms with Gasteiger partial charge in [-0.3, -0.25) is 19.8 Å². The summed E-state index contributed by atoms with van der Waals surface area (Å²) in [6.45, 7) is 1.14. The van der Waals surface area contributed by atoms with Crippen LogP contribution in [0.3, 0.4) is 0 Å². The molecule has 122 valence electrons. The lowest BCUT2D eigenvalue weighted by atomic mass is 10.1. The molecule has 0 bridgehead atoms. The Balaban J connectivity index is 1.45. The molecule has 8 heteroatoms. The minimum Gasteiger partial charge on any atom is -0.487 e. The topological polar surface area (TPSA) is 86.3 Å². The predicted molar refractivity (Wildman–Crippen MR) is 88.2 cm³/mol. The largest absolute Gasteiger partial charge is 0.487 e. The van der Waals surface area contributed by atoms with E-state index in [1.54, 1.807) is 13.2 Å². The zero-order chi connectivity index (χ0) is 16.7. The number of hydrogen-bond donors (Lipinski definition) is 0. The van der Waals surface area contributed by atoms with Crippen LogP contribution in [0.15, 0.2) is 42.7 Å². The van der Waals surface area contributed by atoms with E-state index < -0.39 is 4.92 Å². The Hall–Kier alpha value is -3.16. The quantitative estimate of drug-likeness (QED) is 0.539. The molecule has 0 N–H and O–H groups in total. The Morgan fingerprint density at radius 3 is 2.96 bits per heavy atom. The Labute approximate surface area is 137 Å². The maximum Gasteiger partial charge on any atom is 0.330 e. The van der Waals surface area contributed by atoms with Crippen LogP contribution >= 0.6 is 0 Å². The lowest BCUT2D eigenvalue weighted by Crippen LogP contribution is -2.54. The van der Waals surface area contributed by atoms with Gasteiger partial charge in [0.05, 0.1) is 23.5 Å². The highest BCUT2D eigenvalue weighted by molar-refractivity contribution is 5.79. The van der Waals surface area contributed by atoms with Crippen molar-refractivity contribution in [3.8, 4) is 5.75 Å². The molecule has 2 aromatic heterocycles. The van der Waals surface area contributed by atoms with E-state index in [0.29, 0.717) is 18.9 Å². The average molecular weight is 325 g/mol. The number of pyridine rings is 1. The molecular formula is C16H15N5O3. The fraction of sp³-hybridized carbons (Fsp3) is 0.250. The molecule has 8 nitrogen and oxygen atoms in total. The van der Waals surface area contributed by atoms with Gasteiger partial charge in [0.25, 0.3) is 0 Å². The van der Waals surface area contributed by atoms with E-state index in [-0.39, 0.29) is 11.8 Å². The van der Waals surface area contributed by atoms with E-state index in [1.165, 1.54) is 10.9 Å². The highest BCUT2D eigenvalue weighted by atomic mass is 16.6. The van der Waals surface area contributed by atoms with Crippen LogP contribution in [0.2, 0.25) is 0 Å². The average Bonchev–Trinajstić information content (AvgIpc) is 2.92. The lowest BCUT2D eigenvalue weighted by Gasteiger charge is -2.38. The molecule has 0 saturated carbocycles. The first kappa shape index (κ1) is 14.4. The molecule has 24 heavy (non-hydrogen) atoms. The molecule has 0 unspecified atom stereocenters. The first-order valence-corrected chi connectivity index (χ1v) is 7.54. The number of rotatable bonds is 4. The summed E-state index contributed by atoms with van der Waals surface area (Å²) in [4.78, 5) is 16.8. The molecule has 3 heterocycles. The van der Waals surface area contributed by atoms with Crippen molar-refractivity contribution in [2.24, 2.45) is 7.05 Å². The predicted octanol–water partition coefficient (Wildman–Crippen LogP) is 2.14. The number of fused-ring (bicyclic) bond motifs is 1. The van der Waals surface area contributed by atoms with Crippen LogP contribution in [-0.4, -0.2) is 38.9 Å². The fourth-order valence-corrected chi connectivity index (χ4v) is 2.82. The van der Waals surface area contributed by atoms with E-state index in [1.807, 2.05) is 35.2 Å². The molecule has 1 aromatic carbocycles. The van der Waals surface area contributed by atoms with Crippen LogP contribution in [0.4, 0.5) is 11.5 Å². The highest BCUT2D eigenvalue weighted by Gasteiger charge is 2.35. The molecule has 1 saturated heterocycles. The molecule has 1 aliphatic heterocycles. The third-order valence-corrected chi connectivity index (χ3v) is 4.02. The number of aryl methyl sites for hydroxylation is 1. The second kappa shape index (κ2) is 5.48. The van der Waals surface area contributed by atoms with Gasteiger partial charge < -0.3 is 9.64 Å². The molecule has 0 atom stereocenters. The van der Waals surface area contributed by atoms with Crippen molar-refractivity contribution in [2.45, 2.75) is 6.10 Å². The summed E-state index contributed by atoms with van der Waals surface area (Å²) in [5.74, 6) is 1.14. The van der Waals surface area contributed by atoms with Gasteiger partial charge in [-0.15, -0.1) is 5.10 Å². The molecule has 1 aliphatic rings. The first-order valence-electron chi connectivity index (χ1n) is 7.54. The molecule has 0 radical (unpaired) electrons. The van der Waals surface area contributed by atoms with E-state index in [0.717, 1.165) is 16.7 Å². The Kier molecular flexibility index (Phi) is 3.30. The van der Waals surface area contributed by atoms with Crippen molar-refractivity contribution in [2.75, 3.05) is 18.0 Å². The molecule has 3 aromatic rings. The van der Waals surface area contributed by atoms with Gasteiger partial charge in [-0.05, 0) is 18.2 Å². The zero-order valence-corrected chi connectivity index (χ0v) is 13.0. The van der Waals surface area contributed by atoms with Crippen molar-refractivity contribution in [3.63, 3.8) is 0 Å². The normalized spacial score (nSPS) is 14.6. The van der Waals surface area contributed by atoms with Gasteiger partial charge in [-0.25, -0.2) is 0 Å². The number of benzene rings is 1. The number of hydrogen-bond acceptors (Lipinski definition) is 6. The number of aromatic nitrogens is 3. The Morgan fingerprint density at radius 2 is 2.17 bits per heavy atom. The third kappa shape index (κ3) is 2.51. The second-order valence-corrected chi connectivity index (χ2v) is 5.77. The fourth-order valence-electron chi connectivity index (χ4n) is 2.82. The van der Waals surface area contributed by atoms with Crippen LogP contribution in [-0.2, 0) is 7.05 Å². The molecular weight excluding hydrogens is 310 g/mol. The van der Waals surface area contributed by atoms with E-state index in [4.69, 9.17) is 4.74 Å². The van der Waals surface area contributed by atoms with Crippen molar-refractivity contribution >= 4 is 22.4 Å². The first-order chi connectivity index (χ1) is 11.6. The molecule has 1 fully saturated rings. The molecule has 0 aliphatic carbocycles. The summed E-state index contributed by atoms with van der Waals surface area (Å²) in [7, 11) is 1.67. The maximum absolute atomic E-state index is 11.1. The summed E-state index contributed by atoms with van der Waals surface area (Å²) in [5.41, 5.74) is 0.900. The van der Waals surface area contributed by atoms with Crippen molar-refractivity contribution in [3.05, 3.63) is 52.8 Å². The van der Waals surface area contributed by atoms with Crippen LogP contribution in [0.25, 0.3) is 10.9 Å². The standard InChI is InChI=1S/C16H15N5O3/c1-19-10-15(21(22)23)16(18-19)20-8-13(9-20)24-12-5-4-11-3-2-6-17-14(11)7-12/h2-7,10,13H,8-9H2,1H3. The Bertz CT molecular complexity index is 917. The zero-order valence-electron chi connectivity index (χ0n) is 13.0. The summed E-state index contributed by atoms with van der Waals surface area (Å²) >= 11 is 0. The summed E-state index contributed by atoms with van der Waals surface area (Å²) in [6.07, 6.45) is 3.14. The molecule has 0 spiro atoms. The number of nitrogens with zero attached hydrogens (tertiary/aromatic N) is 5. The molecule has 0 amide bonds. The van der Waals surface area contributed by atoms with Crippen LogP contribution in [0, 0.1) is 10.1 Å². The van der Waals surface area contributed by atoms with Gasteiger partial charge in [0.2, 0.25) is 5.82 Å². The van der Waals surface area contributed by atoms with Gasteiger partial charge in [0.1, 0.15) is 18.1 Å². The van der Waals surface area contributed by atoms with Crippen molar-refractivity contribution in [1.82, 2.24) is 14.8 Å². The number of nitro groups is 1. The molecule has 4 rings (SSSR count). The van der Waals surface area contributed by atoms with Gasteiger partial charge in [0, 0.05) is 24.7 Å². The lowest BCUT2D eigenvalue weighted by molar-refractivity contribution is -0.384. The minimum atomic E-state index is -0.411. The summed E-state index contributed by atoms with van der Waals surface area (Å²) in [5, 5.41) is 16.3. The van der Waals surface area contributed by atoms with Crippen molar-refractivity contribution in [1.29, 1.82) is 0 Å². The minimum absolute atomic E-state index is 0.0193. The monoisotopic (exact) mass is 325 g/mol. The van der Waals surface area contributed by atoms with E-state index in [9.17, 15) is 10.1 Å². The van der Waals surface area contributed by atoms with Gasteiger partial charge in [0.15, 0.2) is 0 Å². The van der Waals surface area contributed by atoms with Crippen LogP contribution < -0.4 is 9.64 Å². The van der Waals surface area contributed by atoms with E-state index >= 15 is 0 Å². The summed E-state index contributed by atoms with van der Waals surface area (Å²) < 4.78 is 7.39. The highest BCUT2D eigenvalue weighted by Crippen LogP contribution is 2.31. The Morgan fingerprint density at radius 1 is 1.33 bits per heavy atom. The summed E-state index contributed by atoms with van der Waals surface area (Å²) in [6, 6.07) is 9.68. The van der Waals surface area contributed by atoms with E-state index in [2.05, 4.69) is 10.1 Å². The van der Waals surface area contributed by atoms with Gasteiger partial charge in [-0.1, -0.05) is 6.07 Å². The SMILES string of the molecule is Cn1cc([N+](=O)[O-])c(N2CC(Oc3ccc4cccnc4c3)C2)n1.